The summed E-state index contributed by atoms with van der Waals surface area (Å²) >= 11 is 3.36. The smallest absolute Gasteiger partial charge is 0.338 e. The van der Waals surface area contributed by atoms with Crippen molar-refractivity contribution in [2.75, 3.05) is 17.2 Å². The van der Waals surface area contributed by atoms with Crippen molar-refractivity contribution in [3.8, 4) is 0 Å². The lowest BCUT2D eigenvalue weighted by atomic mass is 9.94. The fraction of sp³-hybridized carbons (Fsp3) is 0.320. The van der Waals surface area contributed by atoms with Gasteiger partial charge in [-0.3, -0.25) is 4.90 Å². The Morgan fingerprint density at radius 1 is 1.06 bits per heavy atom. The third-order valence-electron chi connectivity index (χ3n) is 5.21. The zero-order valence-electron chi connectivity index (χ0n) is 19.6. The number of hydrogen-bond donors (Lipinski definition) is 3. The predicted molar refractivity (Wildman–Crippen MR) is 135 cm³/mol. The van der Waals surface area contributed by atoms with Crippen molar-refractivity contribution in [3.63, 3.8) is 0 Å². The standard InChI is InChI=1S/C25H29BrN4O4/c1-5-14-30-16(4)21(23(31)34-15(2)3)22(29-25(30)33)17-6-10-19(11-7-17)27-24(32)28-20-12-8-18(26)9-13-20/h6-13,15,22H,5,14H2,1-4H3,(H,29,33)(H2,27,28,32). The number of nitrogens with one attached hydrogen (secondary N) is 3. The molecule has 1 aliphatic heterocycles. The van der Waals surface area contributed by atoms with Crippen LogP contribution in [0.25, 0.3) is 0 Å². The van der Waals surface area contributed by atoms with E-state index in [1.165, 1.54) is 0 Å². The summed E-state index contributed by atoms with van der Waals surface area (Å²) in [5.74, 6) is -0.463. The van der Waals surface area contributed by atoms with Crippen molar-refractivity contribution in [2.45, 2.75) is 46.3 Å². The molecule has 4 amide bonds. The molecule has 0 radical (unpaired) electrons. The summed E-state index contributed by atoms with van der Waals surface area (Å²) in [7, 11) is 0. The van der Waals surface area contributed by atoms with Crippen LogP contribution < -0.4 is 16.0 Å². The van der Waals surface area contributed by atoms with Gasteiger partial charge in [0.05, 0.1) is 17.7 Å². The molecule has 0 saturated heterocycles. The van der Waals surface area contributed by atoms with E-state index in [-0.39, 0.29) is 18.2 Å². The number of nitrogens with zero attached hydrogens (tertiary/aromatic N) is 1. The van der Waals surface area contributed by atoms with Gasteiger partial charge in [-0.2, -0.15) is 0 Å². The number of anilines is 2. The van der Waals surface area contributed by atoms with E-state index in [1.54, 1.807) is 62.1 Å². The zero-order chi connectivity index (χ0) is 24.8. The van der Waals surface area contributed by atoms with Crippen LogP contribution in [0.4, 0.5) is 21.0 Å². The van der Waals surface area contributed by atoms with E-state index < -0.39 is 12.0 Å². The van der Waals surface area contributed by atoms with Crippen LogP contribution in [0.2, 0.25) is 0 Å². The first kappa shape index (κ1) is 25.3. The molecule has 1 heterocycles. The minimum Gasteiger partial charge on any atom is -0.459 e. The first-order valence-electron chi connectivity index (χ1n) is 11.1. The normalized spacial score (nSPS) is 15.8. The second-order valence-corrected chi connectivity index (χ2v) is 9.11. The Kier molecular flexibility index (Phi) is 8.33. The van der Waals surface area contributed by atoms with Crippen molar-refractivity contribution in [2.24, 2.45) is 0 Å². The maximum Gasteiger partial charge on any atom is 0.338 e. The van der Waals surface area contributed by atoms with E-state index in [0.29, 0.717) is 34.8 Å². The lowest BCUT2D eigenvalue weighted by Gasteiger charge is -2.35. The highest BCUT2D eigenvalue weighted by atomic mass is 79.9. The Morgan fingerprint density at radius 3 is 2.15 bits per heavy atom. The summed E-state index contributed by atoms with van der Waals surface area (Å²) in [5, 5.41) is 8.46. The second kappa shape index (κ2) is 11.2. The molecule has 1 unspecified atom stereocenters. The largest absolute Gasteiger partial charge is 0.459 e. The van der Waals surface area contributed by atoms with Gasteiger partial charge in [-0.15, -0.1) is 0 Å². The number of esters is 1. The van der Waals surface area contributed by atoms with Crippen LogP contribution >= 0.6 is 15.9 Å². The number of rotatable bonds is 7. The van der Waals surface area contributed by atoms with Gasteiger partial charge < -0.3 is 20.7 Å². The van der Waals surface area contributed by atoms with Crippen molar-refractivity contribution >= 4 is 45.3 Å². The number of carbonyl (C=O) groups excluding carboxylic acids is 3. The third-order valence-corrected chi connectivity index (χ3v) is 5.74. The van der Waals surface area contributed by atoms with E-state index in [0.717, 1.165) is 10.9 Å². The third kappa shape index (κ3) is 6.17. The summed E-state index contributed by atoms with van der Waals surface area (Å²) in [4.78, 5) is 39.6. The summed E-state index contributed by atoms with van der Waals surface area (Å²) < 4.78 is 6.39. The number of benzene rings is 2. The number of halogens is 1. The van der Waals surface area contributed by atoms with Crippen molar-refractivity contribution in [1.29, 1.82) is 0 Å². The molecular weight excluding hydrogens is 500 g/mol. The summed E-state index contributed by atoms with van der Waals surface area (Å²) in [6, 6.07) is 12.9. The monoisotopic (exact) mass is 528 g/mol. The number of hydrogen-bond acceptors (Lipinski definition) is 4. The molecule has 180 valence electrons. The topological polar surface area (TPSA) is 99.8 Å². The number of amides is 4. The molecule has 0 saturated carbocycles. The van der Waals surface area contributed by atoms with Crippen LogP contribution in [0.15, 0.2) is 64.3 Å². The predicted octanol–water partition coefficient (Wildman–Crippen LogP) is 5.80. The molecule has 3 rings (SSSR count). The van der Waals surface area contributed by atoms with Crippen LogP contribution in [0.5, 0.6) is 0 Å². The van der Waals surface area contributed by atoms with E-state index in [1.807, 2.05) is 19.1 Å². The van der Waals surface area contributed by atoms with Gasteiger partial charge in [0.15, 0.2) is 0 Å². The maximum atomic E-state index is 12.9. The van der Waals surface area contributed by atoms with Crippen LogP contribution in [0, 0.1) is 0 Å². The molecule has 3 N–H and O–H groups in total. The minimum atomic E-state index is -0.655. The first-order chi connectivity index (χ1) is 16.2. The molecular formula is C25H29BrN4O4. The number of ether oxygens (including phenoxy) is 1. The molecule has 8 nitrogen and oxygen atoms in total. The Balaban J connectivity index is 1.80. The van der Waals surface area contributed by atoms with E-state index in [2.05, 4.69) is 31.9 Å². The molecule has 1 aliphatic rings. The van der Waals surface area contributed by atoms with Gasteiger partial charge in [0.25, 0.3) is 0 Å². The van der Waals surface area contributed by atoms with Crippen LogP contribution in [-0.4, -0.2) is 35.6 Å². The zero-order valence-corrected chi connectivity index (χ0v) is 21.2. The molecule has 0 spiro atoms. The van der Waals surface area contributed by atoms with E-state index in [9.17, 15) is 14.4 Å². The Morgan fingerprint density at radius 2 is 1.62 bits per heavy atom. The highest BCUT2D eigenvalue weighted by molar-refractivity contribution is 9.10. The Labute approximate surface area is 207 Å². The second-order valence-electron chi connectivity index (χ2n) is 8.20. The van der Waals surface area contributed by atoms with E-state index in [4.69, 9.17) is 4.74 Å². The molecule has 0 aliphatic carbocycles. The van der Waals surface area contributed by atoms with Gasteiger partial charge >= 0.3 is 18.0 Å². The lowest BCUT2D eigenvalue weighted by Crippen LogP contribution is -2.48. The van der Waals surface area contributed by atoms with Gasteiger partial charge in [-0.1, -0.05) is 35.0 Å². The first-order valence-corrected chi connectivity index (χ1v) is 11.9. The van der Waals surface area contributed by atoms with E-state index >= 15 is 0 Å². The van der Waals surface area contributed by atoms with Crippen molar-refractivity contribution in [1.82, 2.24) is 10.2 Å². The molecule has 9 heteroatoms. The highest BCUT2D eigenvalue weighted by Gasteiger charge is 2.36. The minimum absolute atomic E-state index is 0.262. The number of allylic oxidation sites excluding steroid dienone is 1. The Bertz CT molecular complexity index is 1080. The summed E-state index contributed by atoms with van der Waals surface area (Å²) in [5.41, 5.74) is 2.92. The molecule has 1 atom stereocenters. The Hall–Kier alpha value is -3.33. The maximum absolute atomic E-state index is 12.9. The number of carbonyl (C=O) groups is 3. The summed E-state index contributed by atoms with van der Waals surface area (Å²) in [6.45, 7) is 7.80. The molecule has 0 aromatic heterocycles. The molecule has 2 aromatic carbocycles. The van der Waals surface area contributed by atoms with Gasteiger partial charge in [0.2, 0.25) is 0 Å². The SMILES string of the molecule is CCCN1C(=O)NC(c2ccc(NC(=O)Nc3ccc(Br)cc3)cc2)C(C(=O)OC(C)C)=C1C. The summed E-state index contributed by atoms with van der Waals surface area (Å²) in [6.07, 6.45) is 0.464. The van der Waals surface area contributed by atoms with Crippen LogP contribution in [0.1, 0.15) is 45.7 Å². The van der Waals surface area contributed by atoms with Gasteiger partial charge in [0.1, 0.15) is 0 Å². The molecule has 0 fully saturated rings. The molecule has 34 heavy (non-hydrogen) atoms. The average molecular weight is 529 g/mol. The quantitative estimate of drug-likeness (QED) is 0.395. The van der Waals surface area contributed by atoms with Gasteiger partial charge in [-0.25, -0.2) is 14.4 Å². The fourth-order valence-corrected chi connectivity index (χ4v) is 3.92. The van der Waals surface area contributed by atoms with Crippen molar-refractivity contribution in [3.05, 3.63) is 69.8 Å². The average Bonchev–Trinajstić information content (AvgIpc) is 2.77. The molecule has 0 bridgehead atoms. The van der Waals surface area contributed by atoms with Gasteiger partial charge in [-0.05, 0) is 69.2 Å². The lowest BCUT2D eigenvalue weighted by molar-refractivity contribution is -0.143. The molecule has 2 aromatic rings. The van der Waals surface area contributed by atoms with Crippen molar-refractivity contribution < 1.29 is 19.1 Å². The fourth-order valence-electron chi connectivity index (χ4n) is 3.65. The number of urea groups is 2. The van der Waals surface area contributed by atoms with Gasteiger partial charge in [0, 0.05) is 28.1 Å². The van der Waals surface area contributed by atoms with Crippen LogP contribution in [-0.2, 0) is 9.53 Å². The highest BCUT2D eigenvalue weighted by Crippen LogP contribution is 2.32. The van der Waals surface area contributed by atoms with Crippen LogP contribution in [0.3, 0.4) is 0 Å².